The van der Waals surface area contributed by atoms with E-state index in [1.165, 1.54) is 0 Å². The van der Waals surface area contributed by atoms with Crippen molar-refractivity contribution in [1.29, 1.82) is 0 Å². The predicted octanol–water partition coefficient (Wildman–Crippen LogP) is 3.15. The molecule has 0 aliphatic rings. The fourth-order valence-electron chi connectivity index (χ4n) is 2.34. The molecule has 0 heterocycles. The van der Waals surface area contributed by atoms with Crippen LogP contribution in [0.4, 0.5) is 0 Å². The normalized spacial score (nSPS) is 10.4. The SMILES string of the molecule is COCc1ccc(CNC(=O)COc2c(C)cccc2C)cc1. The molecule has 1 N–H and O–H groups in total. The molecule has 0 saturated heterocycles. The van der Waals surface area contributed by atoms with E-state index >= 15 is 0 Å². The molecule has 0 saturated carbocycles. The zero-order chi connectivity index (χ0) is 16.7. The Morgan fingerprint density at radius 2 is 1.61 bits per heavy atom. The lowest BCUT2D eigenvalue weighted by Gasteiger charge is -2.12. The highest BCUT2D eigenvalue weighted by molar-refractivity contribution is 5.77. The molecule has 0 fully saturated rings. The van der Waals surface area contributed by atoms with Crippen LogP contribution in [0.3, 0.4) is 0 Å². The van der Waals surface area contributed by atoms with Gasteiger partial charge in [-0.3, -0.25) is 4.79 Å². The third-order valence-electron chi connectivity index (χ3n) is 3.58. The molecule has 0 aliphatic carbocycles. The van der Waals surface area contributed by atoms with Crippen LogP contribution in [0.25, 0.3) is 0 Å². The number of para-hydroxylation sites is 1. The van der Waals surface area contributed by atoms with Crippen LogP contribution in [0, 0.1) is 13.8 Å². The molecule has 23 heavy (non-hydrogen) atoms. The third kappa shape index (κ3) is 5.11. The predicted molar refractivity (Wildman–Crippen MR) is 90.4 cm³/mol. The van der Waals surface area contributed by atoms with Crippen LogP contribution in [-0.2, 0) is 22.7 Å². The van der Waals surface area contributed by atoms with Gasteiger partial charge in [-0.05, 0) is 36.1 Å². The molecule has 0 bridgehead atoms. The maximum absolute atomic E-state index is 11.9. The number of aryl methyl sites for hydroxylation is 2. The molecule has 0 spiro atoms. The zero-order valence-corrected chi connectivity index (χ0v) is 13.9. The highest BCUT2D eigenvalue weighted by Crippen LogP contribution is 2.21. The Hall–Kier alpha value is -2.33. The van der Waals surface area contributed by atoms with E-state index < -0.39 is 0 Å². The number of ether oxygens (including phenoxy) is 2. The zero-order valence-electron chi connectivity index (χ0n) is 13.9. The van der Waals surface area contributed by atoms with E-state index in [1.54, 1.807) is 7.11 Å². The second-order valence-corrected chi connectivity index (χ2v) is 5.54. The third-order valence-corrected chi connectivity index (χ3v) is 3.58. The fraction of sp³-hybridized carbons (Fsp3) is 0.316. The lowest BCUT2D eigenvalue weighted by molar-refractivity contribution is -0.123. The highest BCUT2D eigenvalue weighted by atomic mass is 16.5. The smallest absolute Gasteiger partial charge is 0.258 e. The number of amides is 1. The standard InChI is InChI=1S/C19H23NO3/c1-14-5-4-6-15(2)19(14)23-13-18(21)20-11-16-7-9-17(10-8-16)12-22-3/h4-10H,11-13H2,1-3H3,(H,20,21). The van der Waals surface area contributed by atoms with Crippen molar-refractivity contribution in [3.63, 3.8) is 0 Å². The van der Waals surface area contributed by atoms with Crippen LogP contribution in [0.15, 0.2) is 42.5 Å². The summed E-state index contributed by atoms with van der Waals surface area (Å²) in [6.07, 6.45) is 0. The second kappa shape index (κ2) is 8.34. The van der Waals surface area contributed by atoms with E-state index in [0.29, 0.717) is 13.2 Å². The van der Waals surface area contributed by atoms with Crippen LogP contribution in [-0.4, -0.2) is 19.6 Å². The molecule has 0 radical (unpaired) electrons. The number of hydrogen-bond acceptors (Lipinski definition) is 3. The molecule has 2 aromatic rings. The Morgan fingerprint density at radius 3 is 2.22 bits per heavy atom. The number of carbonyl (C=O) groups excluding carboxylic acids is 1. The molecule has 4 nitrogen and oxygen atoms in total. The Kier molecular flexibility index (Phi) is 6.18. The van der Waals surface area contributed by atoms with Crippen LogP contribution >= 0.6 is 0 Å². The van der Waals surface area contributed by atoms with Gasteiger partial charge >= 0.3 is 0 Å². The first-order chi connectivity index (χ1) is 11.1. The van der Waals surface area contributed by atoms with Gasteiger partial charge < -0.3 is 14.8 Å². The molecule has 0 atom stereocenters. The minimum absolute atomic E-state index is 0.0213. The molecule has 0 aliphatic heterocycles. The van der Waals surface area contributed by atoms with Gasteiger partial charge in [-0.2, -0.15) is 0 Å². The van der Waals surface area contributed by atoms with Gasteiger partial charge in [-0.15, -0.1) is 0 Å². The number of nitrogens with one attached hydrogen (secondary N) is 1. The van der Waals surface area contributed by atoms with Gasteiger partial charge in [-0.25, -0.2) is 0 Å². The van der Waals surface area contributed by atoms with Gasteiger partial charge in [0.1, 0.15) is 5.75 Å². The van der Waals surface area contributed by atoms with Gasteiger partial charge in [0, 0.05) is 13.7 Å². The van der Waals surface area contributed by atoms with E-state index in [4.69, 9.17) is 9.47 Å². The van der Waals surface area contributed by atoms with E-state index in [9.17, 15) is 4.79 Å². The van der Waals surface area contributed by atoms with Crippen molar-refractivity contribution in [2.45, 2.75) is 27.0 Å². The molecule has 122 valence electrons. The molecule has 2 aromatic carbocycles. The van der Waals surface area contributed by atoms with Crippen molar-refractivity contribution in [2.24, 2.45) is 0 Å². The number of rotatable bonds is 7. The summed E-state index contributed by atoms with van der Waals surface area (Å²) in [5.41, 5.74) is 4.23. The van der Waals surface area contributed by atoms with E-state index in [0.717, 1.165) is 28.0 Å². The summed E-state index contributed by atoms with van der Waals surface area (Å²) in [4.78, 5) is 11.9. The average molecular weight is 313 g/mol. The summed E-state index contributed by atoms with van der Waals surface area (Å²) in [6, 6.07) is 13.9. The Morgan fingerprint density at radius 1 is 1.00 bits per heavy atom. The van der Waals surface area contributed by atoms with Gasteiger partial charge in [-0.1, -0.05) is 42.5 Å². The minimum Gasteiger partial charge on any atom is -0.483 e. The number of carbonyl (C=O) groups is 1. The summed E-state index contributed by atoms with van der Waals surface area (Å²) < 4.78 is 10.7. The monoisotopic (exact) mass is 313 g/mol. The van der Waals surface area contributed by atoms with Gasteiger partial charge in [0.05, 0.1) is 6.61 Å². The van der Waals surface area contributed by atoms with Gasteiger partial charge in [0.2, 0.25) is 0 Å². The lowest BCUT2D eigenvalue weighted by Crippen LogP contribution is -2.28. The Balaban J connectivity index is 1.81. The molecule has 2 rings (SSSR count). The van der Waals surface area contributed by atoms with Crippen molar-refractivity contribution < 1.29 is 14.3 Å². The molecule has 1 amide bonds. The summed E-state index contributed by atoms with van der Waals surface area (Å²) >= 11 is 0. The Labute approximate surface area is 137 Å². The topological polar surface area (TPSA) is 47.6 Å². The summed E-state index contributed by atoms with van der Waals surface area (Å²) in [5, 5.41) is 2.86. The van der Waals surface area contributed by atoms with Crippen LogP contribution in [0.2, 0.25) is 0 Å². The average Bonchev–Trinajstić information content (AvgIpc) is 2.54. The minimum atomic E-state index is -0.131. The maximum Gasteiger partial charge on any atom is 0.258 e. The van der Waals surface area contributed by atoms with Crippen molar-refractivity contribution in [2.75, 3.05) is 13.7 Å². The van der Waals surface area contributed by atoms with Crippen LogP contribution < -0.4 is 10.1 Å². The van der Waals surface area contributed by atoms with Gasteiger partial charge in [0.15, 0.2) is 6.61 Å². The molecule has 0 aromatic heterocycles. The molecular weight excluding hydrogens is 290 g/mol. The second-order valence-electron chi connectivity index (χ2n) is 5.54. The summed E-state index contributed by atoms with van der Waals surface area (Å²) in [5.74, 6) is 0.653. The first-order valence-electron chi connectivity index (χ1n) is 7.62. The number of methoxy groups -OCH3 is 1. The van der Waals surface area contributed by atoms with Crippen LogP contribution in [0.5, 0.6) is 5.75 Å². The van der Waals surface area contributed by atoms with Crippen molar-refractivity contribution >= 4 is 5.91 Å². The first kappa shape index (κ1) is 17.0. The van der Waals surface area contributed by atoms with E-state index in [-0.39, 0.29) is 12.5 Å². The lowest BCUT2D eigenvalue weighted by atomic mass is 10.1. The summed E-state index contributed by atoms with van der Waals surface area (Å²) in [7, 11) is 1.67. The number of hydrogen-bond donors (Lipinski definition) is 1. The largest absolute Gasteiger partial charge is 0.483 e. The maximum atomic E-state index is 11.9. The highest BCUT2D eigenvalue weighted by Gasteiger charge is 2.07. The van der Waals surface area contributed by atoms with Crippen molar-refractivity contribution in [1.82, 2.24) is 5.32 Å². The van der Waals surface area contributed by atoms with E-state index in [1.807, 2.05) is 56.3 Å². The van der Waals surface area contributed by atoms with Crippen molar-refractivity contribution in [3.8, 4) is 5.75 Å². The number of benzene rings is 2. The van der Waals surface area contributed by atoms with Crippen molar-refractivity contribution in [3.05, 3.63) is 64.7 Å². The molecule has 0 unspecified atom stereocenters. The Bertz CT molecular complexity index is 630. The molecule has 4 heteroatoms. The van der Waals surface area contributed by atoms with Crippen LogP contribution in [0.1, 0.15) is 22.3 Å². The molecular formula is C19H23NO3. The quantitative estimate of drug-likeness (QED) is 0.854. The van der Waals surface area contributed by atoms with Gasteiger partial charge in [0.25, 0.3) is 5.91 Å². The first-order valence-corrected chi connectivity index (χ1v) is 7.62. The fourth-order valence-corrected chi connectivity index (χ4v) is 2.34. The van der Waals surface area contributed by atoms with E-state index in [2.05, 4.69) is 5.32 Å². The summed E-state index contributed by atoms with van der Waals surface area (Å²) in [6.45, 7) is 5.05.